The van der Waals surface area contributed by atoms with Crippen molar-refractivity contribution in [1.29, 1.82) is 0 Å². The molecule has 2 atom stereocenters. The number of halogens is 2. The summed E-state index contributed by atoms with van der Waals surface area (Å²) >= 11 is 13.8. The molecule has 1 aromatic carbocycles. The Bertz CT molecular complexity index is 397. The van der Waals surface area contributed by atoms with Crippen LogP contribution >= 0.6 is 35.0 Å². The molecule has 0 aliphatic carbocycles. The molecule has 18 heavy (non-hydrogen) atoms. The Balaban J connectivity index is 2.07. The topological polar surface area (TPSA) is 21.3 Å². The summed E-state index contributed by atoms with van der Waals surface area (Å²) < 4.78 is 6.07. The van der Waals surface area contributed by atoms with Gasteiger partial charge in [0.25, 0.3) is 0 Å². The van der Waals surface area contributed by atoms with E-state index >= 15 is 0 Å². The van der Waals surface area contributed by atoms with Gasteiger partial charge >= 0.3 is 0 Å². The summed E-state index contributed by atoms with van der Waals surface area (Å²) in [5, 5.41) is 4.60. The Morgan fingerprint density at radius 3 is 2.94 bits per heavy atom. The van der Waals surface area contributed by atoms with E-state index < -0.39 is 0 Å². The van der Waals surface area contributed by atoms with Crippen molar-refractivity contribution in [2.75, 3.05) is 25.1 Å². The first kappa shape index (κ1) is 14.3. The van der Waals surface area contributed by atoms with E-state index in [4.69, 9.17) is 27.9 Å². The number of hydrogen-bond donors (Lipinski definition) is 1. The Kier molecular flexibility index (Phi) is 5.49. The van der Waals surface area contributed by atoms with Crippen LogP contribution in [0.4, 0.5) is 0 Å². The third-order valence-electron chi connectivity index (χ3n) is 3.13. The first-order chi connectivity index (χ1) is 8.70. The van der Waals surface area contributed by atoms with Crippen LogP contribution in [-0.4, -0.2) is 31.2 Å². The maximum Gasteiger partial charge on any atom is 0.138 e. The van der Waals surface area contributed by atoms with E-state index in [2.05, 4.69) is 11.6 Å². The fourth-order valence-corrected chi connectivity index (χ4v) is 3.28. The van der Waals surface area contributed by atoms with Crippen LogP contribution in [0.3, 0.4) is 0 Å². The second-order valence-electron chi connectivity index (χ2n) is 4.44. The SMILES string of the molecule is CSC[C@@H](Oc1ccc(Cl)cc1Cl)C1CCNC1. The zero-order valence-corrected chi connectivity index (χ0v) is 12.6. The van der Waals surface area contributed by atoms with Crippen LogP contribution in [0.15, 0.2) is 18.2 Å². The lowest BCUT2D eigenvalue weighted by Crippen LogP contribution is -2.31. The average Bonchev–Trinajstić information content (AvgIpc) is 2.85. The van der Waals surface area contributed by atoms with E-state index in [1.165, 1.54) is 0 Å². The molecule has 1 fully saturated rings. The molecule has 2 rings (SSSR count). The van der Waals surface area contributed by atoms with E-state index in [0.717, 1.165) is 31.0 Å². The molecule has 1 aromatic rings. The van der Waals surface area contributed by atoms with E-state index in [9.17, 15) is 0 Å². The van der Waals surface area contributed by atoms with Gasteiger partial charge in [-0.25, -0.2) is 0 Å². The monoisotopic (exact) mass is 305 g/mol. The van der Waals surface area contributed by atoms with Crippen molar-refractivity contribution in [3.63, 3.8) is 0 Å². The van der Waals surface area contributed by atoms with Gasteiger partial charge in [0.2, 0.25) is 0 Å². The highest BCUT2D eigenvalue weighted by molar-refractivity contribution is 7.98. The highest BCUT2D eigenvalue weighted by Crippen LogP contribution is 2.30. The fraction of sp³-hybridized carbons (Fsp3) is 0.538. The van der Waals surface area contributed by atoms with E-state index in [-0.39, 0.29) is 6.10 Å². The molecule has 5 heteroatoms. The van der Waals surface area contributed by atoms with Gasteiger partial charge in [-0.3, -0.25) is 0 Å². The molecule has 1 unspecified atom stereocenters. The number of hydrogen-bond acceptors (Lipinski definition) is 3. The van der Waals surface area contributed by atoms with Crippen LogP contribution in [0.1, 0.15) is 6.42 Å². The number of benzene rings is 1. The summed E-state index contributed by atoms with van der Waals surface area (Å²) in [7, 11) is 0. The minimum absolute atomic E-state index is 0.202. The molecule has 0 bridgehead atoms. The predicted octanol–water partition coefficient (Wildman–Crippen LogP) is 3.71. The molecule has 0 saturated carbocycles. The Morgan fingerprint density at radius 2 is 2.33 bits per heavy atom. The van der Waals surface area contributed by atoms with Crippen molar-refractivity contribution < 1.29 is 4.74 Å². The van der Waals surface area contributed by atoms with Gasteiger partial charge in [-0.2, -0.15) is 11.8 Å². The molecule has 0 aromatic heterocycles. The van der Waals surface area contributed by atoms with E-state index in [1.54, 1.807) is 17.8 Å². The molecule has 1 saturated heterocycles. The minimum atomic E-state index is 0.202. The first-order valence-electron chi connectivity index (χ1n) is 6.02. The van der Waals surface area contributed by atoms with Crippen LogP contribution in [0.25, 0.3) is 0 Å². The summed E-state index contributed by atoms with van der Waals surface area (Å²) in [4.78, 5) is 0. The molecule has 2 nitrogen and oxygen atoms in total. The largest absolute Gasteiger partial charge is 0.488 e. The van der Waals surface area contributed by atoms with Gasteiger partial charge in [-0.05, 0) is 37.4 Å². The van der Waals surface area contributed by atoms with Crippen molar-refractivity contribution in [2.24, 2.45) is 5.92 Å². The minimum Gasteiger partial charge on any atom is -0.488 e. The summed E-state index contributed by atoms with van der Waals surface area (Å²) in [6.45, 7) is 2.10. The van der Waals surface area contributed by atoms with Crippen LogP contribution in [0.5, 0.6) is 5.75 Å². The molecule has 100 valence electrons. The second-order valence-corrected chi connectivity index (χ2v) is 6.19. The van der Waals surface area contributed by atoms with Crippen molar-refractivity contribution >= 4 is 35.0 Å². The molecule has 1 aliphatic rings. The number of nitrogens with one attached hydrogen (secondary N) is 1. The lowest BCUT2D eigenvalue weighted by atomic mass is 10.0. The standard InChI is InChI=1S/C13H17Cl2NOS/c1-18-8-13(9-4-5-16-7-9)17-12-3-2-10(14)6-11(12)15/h2-3,6,9,13,16H,4-5,7-8H2,1H3/t9?,13-/m1/s1. The third kappa shape index (κ3) is 3.70. The summed E-state index contributed by atoms with van der Waals surface area (Å²) in [5.74, 6) is 2.27. The normalized spacial score (nSPS) is 20.9. The number of ether oxygens (including phenoxy) is 1. The maximum absolute atomic E-state index is 6.15. The highest BCUT2D eigenvalue weighted by Gasteiger charge is 2.26. The van der Waals surface area contributed by atoms with Gasteiger partial charge in [0, 0.05) is 23.2 Å². The van der Waals surface area contributed by atoms with Crippen LogP contribution in [0, 0.1) is 5.92 Å². The molecule has 0 spiro atoms. The van der Waals surface area contributed by atoms with Crippen LogP contribution < -0.4 is 10.1 Å². The van der Waals surface area contributed by atoms with E-state index in [0.29, 0.717) is 16.0 Å². The molecule has 1 N–H and O–H groups in total. The smallest absolute Gasteiger partial charge is 0.138 e. The number of thioether (sulfide) groups is 1. The zero-order valence-electron chi connectivity index (χ0n) is 10.3. The van der Waals surface area contributed by atoms with Gasteiger partial charge in [0.15, 0.2) is 0 Å². The molecule has 0 amide bonds. The third-order valence-corrected chi connectivity index (χ3v) is 4.32. The summed E-state index contributed by atoms with van der Waals surface area (Å²) in [6, 6.07) is 5.38. The summed E-state index contributed by atoms with van der Waals surface area (Å²) in [6.07, 6.45) is 3.47. The maximum atomic E-state index is 6.15. The molecular formula is C13H17Cl2NOS. The van der Waals surface area contributed by atoms with Crippen LogP contribution in [0.2, 0.25) is 10.0 Å². The first-order valence-corrected chi connectivity index (χ1v) is 8.17. The van der Waals surface area contributed by atoms with Crippen molar-refractivity contribution in [1.82, 2.24) is 5.32 Å². The predicted molar refractivity (Wildman–Crippen MR) is 80.2 cm³/mol. The van der Waals surface area contributed by atoms with Gasteiger partial charge < -0.3 is 10.1 Å². The van der Waals surface area contributed by atoms with Crippen molar-refractivity contribution in [2.45, 2.75) is 12.5 Å². The molecule has 1 aliphatic heterocycles. The Morgan fingerprint density at radius 1 is 1.50 bits per heavy atom. The summed E-state index contributed by atoms with van der Waals surface area (Å²) in [5.41, 5.74) is 0. The Labute approximate surface area is 122 Å². The van der Waals surface area contributed by atoms with Gasteiger partial charge in [0.1, 0.15) is 11.9 Å². The lowest BCUT2D eigenvalue weighted by molar-refractivity contribution is 0.166. The average molecular weight is 306 g/mol. The molecular weight excluding hydrogens is 289 g/mol. The van der Waals surface area contributed by atoms with Crippen molar-refractivity contribution in [3.8, 4) is 5.75 Å². The highest BCUT2D eigenvalue weighted by atomic mass is 35.5. The van der Waals surface area contributed by atoms with Crippen LogP contribution in [-0.2, 0) is 0 Å². The van der Waals surface area contributed by atoms with Gasteiger partial charge in [-0.1, -0.05) is 23.2 Å². The molecule has 0 radical (unpaired) electrons. The fourth-order valence-electron chi connectivity index (χ4n) is 2.16. The van der Waals surface area contributed by atoms with E-state index in [1.807, 2.05) is 12.1 Å². The zero-order chi connectivity index (χ0) is 13.0. The Hall–Kier alpha value is -0.0900. The second kappa shape index (κ2) is 6.90. The van der Waals surface area contributed by atoms with Gasteiger partial charge in [0.05, 0.1) is 5.02 Å². The number of rotatable bonds is 5. The molecule has 1 heterocycles. The quantitative estimate of drug-likeness (QED) is 0.896. The van der Waals surface area contributed by atoms with Gasteiger partial charge in [-0.15, -0.1) is 0 Å². The lowest BCUT2D eigenvalue weighted by Gasteiger charge is -2.24. The van der Waals surface area contributed by atoms with Crippen molar-refractivity contribution in [3.05, 3.63) is 28.2 Å².